The van der Waals surface area contributed by atoms with Crippen LogP contribution in [0.3, 0.4) is 0 Å². The van der Waals surface area contributed by atoms with Crippen LogP contribution in [-0.4, -0.2) is 23.2 Å². The second-order valence-corrected chi connectivity index (χ2v) is 5.71. The molecule has 1 amide bonds. The maximum atomic E-state index is 11.7. The molecular weight excluding hydrogens is 260 g/mol. The van der Waals surface area contributed by atoms with Crippen molar-refractivity contribution >= 4 is 23.2 Å². The Labute approximate surface area is 119 Å². The summed E-state index contributed by atoms with van der Waals surface area (Å²) in [6, 6.07) is 7.55. The van der Waals surface area contributed by atoms with E-state index in [0.717, 1.165) is 5.56 Å². The van der Waals surface area contributed by atoms with Gasteiger partial charge in [0.05, 0.1) is 0 Å². The lowest BCUT2D eigenvalue weighted by molar-refractivity contribution is -0.121. The summed E-state index contributed by atoms with van der Waals surface area (Å²) in [5.74, 6) is 0.428. The molecule has 0 radical (unpaired) electrons. The van der Waals surface area contributed by atoms with Gasteiger partial charge in [-0.15, -0.1) is 0 Å². The molecule has 0 aliphatic heterocycles. The van der Waals surface area contributed by atoms with Gasteiger partial charge in [-0.2, -0.15) is 0 Å². The van der Waals surface area contributed by atoms with Gasteiger partial charge in [-0.05, 0) is 51.5 Å². The normalized spacial score (nSPS) is 10.7. The highest BCUT2D eigenvalue weighted by molar-refractivity contribution is 7.80. The number of benzene rings is 1. The topological polar surface area (TPSA) is 50.4 Å². The molecule has 104 valence electrons. The van der Waals surface area contributed by atoms with Crippen LogP contribution in [0.2, 0.25) is 0 Å². The molecule has 1 rings (SSSR count). The second-order valence-electron chi connectivity index (χ2n) is 5.31. The van der Waals surface area contributed by atoms with Crippen molar-refractivity contribution in [3.63, 3.8) is 0 Å². The Hall–Kier alpha value is -1.62. The van der Waals surface area contributed by atoms with E-state index in [1.807, 2.05) is 52.0 Å². The number of aryl methyl sites for hydroxylation is 1. The van der Waals surface area contributed by atoms with Crippen LogP contribution in [0.1, 0.15) is 26.3 Å². The molecule has 1 aromatic rings. The molecule has 5 heteroatoms. The Morgan fingerprint density at radius 3 is 2.53 bits per heavy atom. The van der Waals surface area contributed by atoms with Gasteiger partial charge in [0, 0.05) is 5.54 Å². The number of rotatable bonds is 3. The highest BCUT2D eigenvalue weighted by Gasteiger charge is 2.13. The summed E-state index contributed by atoms with van der Waals surface area (Å²) < 4.78 is 5.43. The van der Waals surface area contributed by atoms with Crippen molar-refractivity contribution < 1.29 is 9.53 Å². The summed E-state index contributed by atoms with van der Waals surface area (Å²) >= 11 is 5.04. The lowest BCUT2D eigenvalue weighted by atomic mass is 10.1. The van der Waals surface area contributed by atoms with Crippen molar-refractivity contribution in [3.8, 4) is 5.75 Å². The van der Waals surface area contributed by atoms with E-state index in [2.05, 4.69) is 10.6 Å². The Balaban J connectivity index is 2.40. The lowest BCUT2D eigenvalue weighted by Crippen LogP contribution is -2.49. The van der Waals surface area contributed by atoms with Gasteiger partial charge in [0.15, 0.2) is 11.7 Å². The maximum Gasteiger partial charge on any atom is 0.264 e. The van der Waals surface area contributed by atoms with Crippen molar-refractivity contribution in [2.45, 2.75) is 33.2 Å². The molecular formula is C14H20N2O2S. The van der Waals surface area contributed by atoms with Crippen molar-refractivity contribution in [1.29, 1.82) is 0 Å². The van der Waals surface area contributed by atoms with Gasteiger partial charge in [-0.25, -0.2) is 0 Å². The smallest absolute Gasteiger partial charge is 0.264 e. The Morgan fingerprint density at radius 1 is 1.32 bits per heavy atom. The molecule has 0 saturated heterocycles. The Morgan fingerprint density at radius 2 is 1.95 bits per heavy atom. The number of para-hydroxylation sites is 1. The van der Waals surface area contributed by atoms with Crippen LogP contribution < -0.4 is 15.4 Å². The van der Waals surface area contributed by atoms with E-state index in [1.165, 1.54) is 0 Å². The minimum Gasteiger partial charge on any atom is -0.483 e. The maximum absolute atomic E-state index is 11.7. The van der Waals surface area contributed by atoms with E-state index >= 15 is 0 Å². The molecule has 0 saturated carbocycles. The standard InChI is InChI=1S/C14H20N2O2S/c1-10-7-5-6-8-11(10)18-9-12(17)15-13(19)16-14(2,3)4/h5-8H,9H2,1-4H3,(H2,15,16,17,19). The van der Waals surface area contributed by atoms with Gasteiger partial charge < -0.3 is 15.4 Å². The van der Waals surface area contributed by atoms with Gasteiger partial charge in [0.2, 0.25) is 0 Å². The summed E-state index contributed by atoms with van der Waals surface area (Å²) in [5, 5.41) is 5.90. The number of amides is 1. The molecule has 2 N–H and O–H groups in total. The molecule has 0 aromatic heterocycles. The zero-order valence-corrected chi connectivity index (χ0v) is 12.6. The first-order valence-electron chi connectivity index (χ1n) is 6.08. The van der Waals surface area contributed by atoms with Gasteiger partial charge in [0.1, 0.15) is 5.75 Å². The van der Waals surface area contributed by atoms with Crippen molar-refractivity contribution in [2.24, 2.45) is 0 Å². The van der Waals surface area contributed by atoms with Crippen LogP contribution in [0.4, 0.5) is 0 Å². The summed E-state index contributed by atoms with van der Waals surface area (Å²) in [5.41, 5.74) is 0.812. The van der Waals surface area contributed by atoms with Crippen LogP contribution in [0, 0.1) is 6.92 Å². The average Bonchev–Trinajstić information content (AvgIpc) is 2.25. The van der Waals surface area contributed by atoms with Gasteiger partial charge in [-0.1, -0.05) is 18.2 Å². The van der Waals surface area contributed by atoms with E-state index in [-0.39, 0.29) is 18.1 Å². The first kappa shape index (κ1) is 15.4. The van der Waals surface area contributed by atoms with Gasteiger partial charge >= 0.3 is 0 Å². The number of ether oxygens (including phenoxy) is 1. The quantitative estimate of drug-likeness (QED) is 0.833. The highest BCUT2D eigenvalue weighted by atomic mass is 32.1. The third-order valence-corrected chi connectivity index (χ3v) is 2.40. The number of nitrogens with one attached hydrogen (secondary N) is 2. The molecule has 4 nitrogen and oxygen atoms in total. The largest absolute Gasteiger partial charge is 0.483 e. The molecule has 0 atom stereocenters. The number of hydrogen-bond acceptors (Lipinski definition) is 3. The molecule has 0 aliphatic rings. The van der Waals surface area contributed by atoms with E-state index in [9.17, 15) is 4.79 Å². The van der Waals surface area contributed by atoms with Gasteiger partial charge in [0.25, 0.3) is 5.91 Å². The van der Waals surface area contributed by atoms with Crippen LogP contribution in [-0.2, 0) is 4.79 Å². The third kappa shape index (κ3) is 6.20. The summed E-state index contributed by atoms with van der Waals surface area (Å²) in [6.45, 7) is 7.77. The van der Waals surface area contributed by atoms with Crippen LogP contribution >= 0.6 is 12.2 Å². The fraction of sp³-hybridized carbons (Fsp3) is 0.429. The molecule has 0 bridgehead atoms. The summed E-state index contributed by atoms with van der Waals surface area (Å²) in [6.07, 6.45) is 0. The van der Waals surface area contributed by atoms with E-state index in [0.29, 0.717) is 10.9 Å². The van der Waals surface area contributed by atoms with Crippen molar-refractivity contribution in [1.82, 2.24) is 10.6 Å². The lowest BCUT2D eigenvalue weighted by Gasteiger charge is -2.22. The molecule has 1 aromatic carbocycles. The number of carbonyl (C=O) groups is 1. The minimum atomic E-state index is -0.273. The summed E-state index contributed by atoms with van der Waals surface area (Å²) in [7, 11) is 0. The minimum absolute atomic E-state index is 0.0587. The second kappa shape index (κ2) is 6.52. The molecule has 0 aliphatic carbocycles. The zero-order chi connectivity index (χ0) is 14.5. The fourth-order valence-electron chi connectivity index (χ4n) is 1.40. The molecule has 19 heavy (non-hydrogen) atoms. The van der Waals surface area contributed by atoms with E-state index in [4.69, 9.17) is 17.0 Å². The predicted octanol–water partition coefficient (Wildman–Crippen LogP) is 2.16. The van der Waals surface area contributed by atoms with E-state index in [1.54, 1.807) is 0 Å². The molecule has 0 spiro atoms. The Bertz CT molecular complexity index is 467. The van der Waals surface area contributed by atoms with E-state index < -0.39 is 0 Å². The number of hydrogen-bond donors (Lipinski definition) is 2. The van der Waals surface area contributed by atoms with Crippen molar-refractivity contribution in [3.05, 3.63) is 29.8 Å². The first-order valence-corrected chi connectivity index (χ1v) is 6.49. The van der Waals surface area contributed by atoms with Crippen LogP contribution in [0.5, 0.6) is 5.75 Å². The SMILES string of the molecule is Cc1ccccc1OCC(=O)NC(=S)NC(C)(C)C. The number of thiocarbonyl (C=S) groups is 1. The molecule has 0 unspecified atom stereocenters. The number of carbonyl (C=O) groups excluding carboxylic acids is 1. The van der Waals surface area contributed by atoms with Gasteiger partial charge in [-0.3, -0.25) is 4.79 Å². The highest BCUT2D eigenvalue weighted by Crippen LogP contribution is 2.15. The van der Waals surface area contributed by atoms with Crippen LogP contribution in [0.15, 0.2) is 24.3 Å². The molecule has 0 heterocycles. The fourth-order valence-corrected chi connectivity index (χ4v) is 1.82. The summed E-state index contributed by atoms with van der Waals surface area (Å²) in [4.78, 5) is 11.7. The van der Waals surface area contributed by atoms with Crippen LogP contribution in [0.25, 0.3) is 0 Å². The third-order valence-electron chi connectivity index (χ3n) is 2.19. The van der Waals surface area contributed by atoms with Crippen molar-refractivity contribution in [2.75, 3.05) is 6.61 Å². The predicted molar refractivity (Wildman–Crippen MR) is 80.3 cm³/mol. The molecule has 0 fully saturated rings. The monoisotopic (exact) mass is 280 g/mol. The Kier molecular flexibility index (Phi) is 5.30. The average molecular weight is 280 g/mol. The zero-order valence-electron chi connectivity index (χ0n) is 11.7. The first-order chi connectivity index (χ1) is 8.78.